The SMILES string of the molecule is CC(C)c1ccc2c(c1)c(-c1cnc3c(n1)c(C(=O)NC(C)(C)C)cn3COC(=O)C(C)(C)C)nn2C. The van der Waals surface area contributed by atoms with Crippen molar-refractivity contribution in [2.24, 2.45) is 12.5 Å². The quantitative estimate of drug-likeness (QED) is 0.376. The summed E-state index contributed by atoms with van der Waals surface area (Å²) in [5, 5.41) is 8.70. The lowest BCUT2D eigenvalue weighted by Crippen LogP contribution is -2.40. The number of ether oxygens (including phenoxy) is 1. The Bertz CT molecular complexity index is 1500. The van der Waals surface area contributed by atoms with E-state index < -0.39 is 11.0 Å². The van der Waals surface area contributed by atoms with Crippen LogP contribution >= 0.6 is 0 Å². The predicted molar refractivity (Wildman–Crippen MR) is 144 cm³/mol. The lowest BCUT2D eigenvalue weighted by atomic mass is 9.98. The summed E-state index contributed by atoms with van der Waals surface area (Å²) in [6.07, 6.45) is 3.29. The Morgan fingerprint density at radius 3 is 2.43 bits per heavy atom. The molecule has 3 heterocycles. The minimum atomic E-state index is -0.650. The van der Waals surface area contributed by atoms with E-state index in [2.05, 4.69) is 42.3 Å². The van der Waals surface area contributed by atoms with Crippen LogP contribution in [0.25, 0.3) is 33.5 Å². The number of nitrogens with zero attached hydrogens (tertiary/aromatic N) is 5. The van der Waals surface area contributed by atoms with E-state index in [-0.39, 0.29) is 18.6 Å². The Morgan fingerprint density at radius 1 is 1.11 bits per heavy atom. The molecule has 0 saturated carbocycles. The van der Waals surface area contributed by atoms with Gasteiger partial charge in [0.2, 0.25) is 0 Å². The first kappa shape index (κ1) is 26.3. The van der Waals surface area contributed by atoms with Crippen LogP contribution in [0, 0.1) is 5.41 Å². The lowest BCUT2D eigenvalue weighted by molar-refractivity contribution is -0.156. The maximum atomic E-state index is 13.2. The molecule has 37 heavy (non-hydrogen) atoms. The Morgan fingerprint density at radius 2 is 1.81 bits per heavy atom. The van der Waals surface area contributed by atoms with Gasteiger partial charge in [0.05, 0.1) is 22.7 Å². The van der Waals surface area contributed by atoms with Crippen molar-refractivity contribution in [1.82, 2.24) is 29.6 Å². The summed E-state index contributed by atoms with van der Waals surface area (Å²) in [5.74, 6) is -0.262. The van der Waals surface area contributed by atoms with Crippen LogP contribution in [0.1, 0.15) is 77.2 Å². The van der Waals surface area contributed by atoms with E-state index in [0.29, 0.717) is 34.0 Å². The van der Waals surface area contributed by atoms with Crippen molar-refractivity contribution in [3.63, 3.8) is 0 Å². The molecule has 0 aliphatic rings. The van der Waals surface area contributed by atoms with Crippen molar-refractivity contribution in [1.29, 1.82) is 0 Å². The maximum absolute atomic E-state index is 13.2. The van der Waals surface area contributed by atoms with Gasteiger partial charge in [0.25, 0.3) is 5.91 Å². The van der Waals surface area contributed by atoms with Crippen molar-refractivity contribution in [3.8, 4) is 11.4 Å². The van der Waals surface area contributed by atoms with E-state index in [4.69, 9.17) is 14.8 Å². The number of aromatic nitrogens is 5. The highest BCUT2D eigenvalue weighted by Gasteiger charge is 2.26. The zero-order valence-electron chi connectivity index (χ0n) is 23.1. The fraction of sp³-hybridized carbons (Fsp3) is 0.464. The first-order valence-electron chi connectivity index (χ1n) is 12.5. The molecule has 3 aromatic heterocycles. The lowest BCUT2D eigenvalue weighted by Gasteiger charge is -2.20. The van der Waals surface area contributed by atoms with Crippen molar-refractivity contribution < 1.29 is 14.3 Å². The Kier molecular flexibility index (Phi) is 6.60. The van der Waals surface area contributed by atoms with E-state index in [0.717, 1.165) is 10.9 Å². The van der Waals surface area contributed by atoms with Crippen LogP contribution in [0.4, 0.5) is 0 Å². The van der Waals surface area contributed by atoms with Crippen LogP contribution in [0.5, 0.6) is 0 Å². The second-order valence-electron chi connectivity index (χ2n) is 11.9. The van der Waals surface area contributed by atoms with Crippen molar-refractivity contribution in [2.75, 3.05) is 0 Å². The molecule has 0 radical (unpaired) electrons. The molecule has 9 heteroatoms. The fourth-order valence-electron chi connectivity index (χ4n) is 4.01. The number of aryl methyl sites for hydroxylation is 1. The average molecular weight is 505 g/mol. The normalized spacial score (nSPS) is 12.5. The molecule has 4 aromatic rings. The molecule has 4 rings (SSSR count). The number of amides is 1. The molecule has 196 valence electrons. The van der Waals surface area contributed by atoms with Crippen LogP contribution in [-0.2, 0) is 23.3 Å². The van der Waals surface area contributed by atoms with E-state index in [9.17, 15) is 9.59 Å². The number of hydrogen-bond donors (Lipinski definition) is 1. The molecular weight excluding hydrogens is 468 g/mol. The third kappa shape index (κ3) is 5.35. The molecular formula is C28H36N6O3. The van der Waals surface area contributed by atoms with Gasteiger partial charge in [-0.25, -0.2) is 9.97 Å². The van der Waals surface area contributed by atoms with Crippen molar-refractivity contribution >= 4 is 33.9 Å². The van der Waals surface area contributed by atoms with Gasteiger partial charge in [0.15, 0.2) is 12.4 Å². The second-order valence-corrected chi connectivity index (χ2v) is 11.9. The van der Waals surface area contributed by atoms with Gasteiger partial charge in [-0.2, -0.15) is 5.10 Å². The van der Waals surface area contributed by atoms with Gasteiger partial charge in [-0.15, -0.1) is 0 Å². The average Bonchev–Trinajstić information content (AvgIpc) is 3.32. The number of carbonyl (C=O) groups is 2. The zero-order chi connectivity index (χ0) is 27.3. The Hall–Kier alpha value is -3.75. The molecule has 0 saturated heterocycles. The summed E-state index contributed by atoms with van der Waals surface area (Å²) in [7, 11) is 1.90. The highest BCUT2D eigenvalue weighted by molar-refractivity contribution is 6.05. The summed E-state index contributed by atoms with van der Waals surface area (Å²) in [4.78, 5) is 35.2. The van der Waals surface area contributed by atoms with Gasteiger partial charge >= 0.3 is 5.97 Å². The third-order valence-corrected chi connectivity index (χ3v) is 6.03. The summed E-state index contributed by atoms with van der Waals surface area (Å²) in [5.41, 5.74) is 3.58. The van der Waals surface area contributed by atoms with Gasteiger partial charge in [-0.1, -0.05) is 19.9 Å². The molecule has 1 aromatic carbocycles. The van der Waals surface area contributed by atoms with Gasteiger partial charge in [0.1, 0.15) is 16.9 Å². The van der Waals surface area contributed by atoms with E-state index in [1.165, 1.54) is 5.56 Å². The predicted octanol–water partition coefficient (Wildman–Crippen LogP) is 5.18. The minimum absolute atomic E-state index is 0.0757. The molecule has 0 unspecified atom stereocenters. The van der Waals surface area contributed by atoms with Crippen LogP contribution in [0.2, 0.25) is 0 Å². The first-order valence-corrected chi connectivity index (χ1v) is 12.5. The maximum Gasteiger partial charge on any atom is 0.312 e. The van der Waals surface area contributed by atoms with E-state index in [1.54, 1.807) is 37.7 Å². The number of hydrogen-bond acceptors (Lipinski definition) is 6. The highest BCUT2D eigenvalue weighted by atomic mass is 16.5. The summed E-state index contributed by atoms with van der Waals surface area (Å²) in [6.45, 7) is 15.3. The van der Waals surface area contributed by atoms with Crippen LogP contribution < -0.4 is 5.32 Å². The smallest absolute Gasteiger partial charge is 0.312 e. The molecule has 0 bridgehead atoms. The van der Waals surface area contributed by atoms with Crippen LogP contribution in [0.3, 0.4) is 0 Å². The van der Waals surface area contributed by atoms with E-state index >= 15 is 0 Å². The topological polar surface area (TPSA) is 104 Å². The molecule has 1 amide bonds. The van der Waals surface area contributed by atoms with Crippen LogP contribution in [0.15, 0.2) is 30.6 Å². The standard InChI is InChI=1S/C28H36N6O3/c1-16(2)17-10-11-21-18(12-17)22(32-33(21)9)20-13-29-24-23(30-20)19(25(35)31-28(6,7)8)14-34(24)15-37-26(36)27(3,4)5/h10-14,16H,15H2,1-9H3,(H,31,35). The number of benzene rings is 1. The summed E-state index contributed by atoms with van der Waals surface area (Å²) < 4.78 is 8.98. The second kappa shape index (κ2) is 9.28. The Labute approximate surface area is 217 Å². The number of esters is 1. The zero-order valence-corrected chi connectivity index (χ0v) is 23.1. The molecule has 0 spiro atoms. The van der Waals surface area contributed by atoms with Crippen molar-refractivity contribution in [2.45, 2.75) is 73.6 Å². The van der Waals surface area contributed by atoms with Crippen LogP contribution in [-0.4, -0.2) is 41.7 Å². The molecule has 0 aliphatic carbocycles. The molecule has 1 N–H and O–H groups in total. The molecule has 0 atom stereocenters. The van der Waals surface area contributed by atoms with Gasteiger partial charge in [-0.05, 0) is 65.2 Å². The Balaban J connectivity index is 1.85. The summed E-state index contributed by atoms with van der Waals surface area (Å²) >= 11 is 0. The first-order chi connectivity index (χ1) is 17.2. The number of fused-ring (bicyclic) bond motifs is 2. The molecule has 0 fully saturated rings. The third-order valence-electron chi connectivity index (χ3n) is 6.03. The number of rotatable bonds is 5. The van der Waals surface area contributed by atoms with Gasteiger partial charge < -0.3 is 10.1 Å². The fourth-order valence-corrected chi connectivity index (χ4v) is 4.01. The van der Waals surface area contributed by atoms with Gasteiger partial charge in [0, 0.05) is 24.2 Å². The number of carbonyl (C=O) groups excluding carboxylic acids is 2. The molecule has 0 aliphatic heterocycles. The summed E-state index contributed by atoms with van der Waals surface area (Å²) in [6, 6.07) is 6.31. The van der Waals surface area contributed by atoms with Gasteiger partial charge in [-0.3, -0.25) is 18.8 Å². The largest absolute Gasteiger partial charge is 0.443 e. The minimum Gasteiger partial charge on any atom is -0.443 e. The number of nitrogens with one attached hydrogen (secondary N) is 1. The highest BCUT2D eigenvalue weighted by Crippen LogP contribution is 2.31. The van der Waals surface area contributed by atoms with Crippen molar-refractivity contribution in [3.05, 3.63) is 41.7 Å². The monoisotopic (exact) mass is 504 g/mol. The molecule has 9 nitrogen and oxygen atoms in total. The van der Waals surface area contributed by atoms with E-state index in [1.807, 2.05) is 32.5 Å².